The number of nitrogens with one attached hydrogen (secondary N) is 2. The van der Waals surface area contributed by atoms with Crippen LogP contribution in [0.5, 0.6) is 0 Å². The zero-order valence-corrected chi connectivity index (χ0v) is 22.4. The van der Waals surface area contributed by atoms with E-state index in [1.165, 1.54) is 0 Å². The Morgan fingerprint density at radius 1 is 1.13 bits per heavy atom. The van der Waals surface area contributed by atoms with Crippen molar-refractivity contribution in [2.45, 2.75) is 76.4 Å². The smallest absolute Gasteiger partial charge is 0.260 e. The van der Waals surface area contributed by atoms with Gasteiger partial charge in [-0.15, -0.1) is 0 Å². The summed E-state index contributed by atoms with van der Waals surface area (Å²) in [6, 6.07) is 8.07. The predicted molar refractivity (Wildman–Crippen MR) is 144 cm³/mol. The molecule has 2 bridgehead atoms. The van der Waals surface area contributed by atoms with Crippen LogP contribution in [0, 0.1) is 10.8 Å². The maximum atomic E-state index is 15.4. The minimum absolute atomic E-state index is 0.199. The van der Waals surface area contributed by atoms with E-state index in [0.29, 0.717) is 30.7 Å². The third kappa shape index (κ3) is 3.26. The van der Waals surface area contributed by atoms with E-state index in [9.17, 15) is 4.79 Å². The fourth-order valence-electron chi connectivity index (χ4n) is 8.07. The van der Waals surface area contributed by atoms with Crippen molar-refractivity contribution in [3.63, 3.8) is 0 Å². The molecule has 206 valence electrons. The van der Waals surface area contributed by atoms with E-state index >= 15 is 8.78 Å². The van der Waals surface area contributed by atoms with Crippen LogP contribution in [0.25, 0.3) is 22.3 Å². The molecule has 1 aromatic carbocycles. The number of carbonyl (C=O) groups is 1. The second-order valence-corrected chi connectivity index (χ2v) is 12.8. The third-order valence-corrected chi connectivity index (χ3v) is 10.5. The van der Waals surface area contributed by atoms with E-state index in [0.717, 1.165) is 86.1 Å². The van der Waals surface area contributed by atoms with Gasteiger partial charge < -0.3 is 19.9 Å². The number of ether oxygens (including phenoxy) is 1. The fourth-order valence-corrected chi connectivity index (χ4v) is 8.07. The summed E-state index contributed by atoms with van der Waals surface area (Å²) < 4.78 is 38.7. The number of benzene rings is 1. The van der Waals surface area contributed by atoms with E-state index in [-0.39, 0.29) is 17.6 Å². The Morgan fingerprint density at radius 2 is 1.97 bits per heavy atom. The number of hydrogen-bond donors (Lipinski definition) is 2. The monoisotopic (exact) mass is 535 g/mol. The van der Waals surface area contributed by atoms with Crippen LogP contribution in [0.1, 0.15) is 75.3 Å². The highest BCUT2D eigenvalue weighted by molar-refractivity contribution is 6.01. The Labute approximate surface area is 226 Å². The molecule has 0 radical (unpaired) electrons. The number of piperidine rings is 1. The Hall–Kier alpha value is -2.78. The van der Waals surface area contributed by atoms with Crippen LogP contribution in [-0.2, 0) is 16.0 Å². The largest absolute Gasteiger partial charge is 0.357 e. The fraction of sp³-hybridized carbons (Fsp3) is 0.600. The normalized spacial score (nSPS) is 31.1. The van der Waals surface area contributed by atoms with Crippen LogP contribution in [0.4, 0.5) is 14.5 Å². The van der Waals surface area contributed by atoms with Gasteiger partial charge in [0.15, 0.2) is 0 Å². The van der Waals surface area contributed by atoms with Gasteiger partial charge in [-0.2, -0.15) is 5.10 Å². The van der Waals surface area contributed by atoms with Gasteiger partial charge in [0.1, 0.15) is 11.9 Å². The first-order valence-electron chi connectivity index (χ1n) is 14.6. The number of anilines is 1. The van der Waals surface area contributed by atoms with Crippen molar-refractivity contribution < 1.29 is 18.3 Å². The van der Waals surface area contributed by atoms with Crippen LogP contribution >= 0.6 is 0 Å². The molecule has 1 spiro atoms. The molecule has 1 saturated carbocycles. The van der Waals surface area contributed by atoms with E-state index < -0.39 is 17.3 Å². The molecule has 3 aliphatic heterocycles. The molecule has 9 rings (SSSR count). The SMILES string of the molecule is C[C@@]12Cc3c(c(-c4cc5ccc(N6CCC7(CCNCC7)C6=O)cc5[nH]4)nn3C3CCCCO3)C(C1)C2(F)F. The summed E-state index contributed by atoms with van der Waals surface area (Å²) in [6.45, 7) is 4.89. The van der Waals surface area contributed by atoms with E-state index in [4.69, 9.17) is 9.84 Å². The van der Waals surface area contributed by atoms with Crippen molar-refractivity contribution >= 4 is 22.5 Å². The first-order chi connectivity index (χ1) is 18.8. The van der Waals surface area contributed by atoms with Gasteiger partial charge in [-0.1, -0.05) is 13.0 Å². The molecule has 3 atom stereocenters. The molecule has 3 saturated heterocycles. The number of alkyl halides is 2. The van der Waals surface area contributed by atoms with Gasteiger partial charge >= 0.3 is 0 Å². The molecule has 7 nitrogen and oxygen atoms in total. The van der Waals surface area contributed by atoms with Gasteiger partial charge in [-0.3, -0.25) is 4.79 Å². The maximum Gasteiger partial charge on any atom is 0.260 e. The molecular weight excluding hydrogens is 500 g/mol. The van der Waals surface area contributed by atoms with Gasteiger partial charge in [0.2, 0.25) is 5.91 Å². The second-order valence-electron chi connectivity index (χ2n) is 12.8. The number of amides is 1. The molecule has 3 aromatic rings. The lowest BCUT2D eigenvalue weighted by Crippen LogP contribution is -2.59. The number of H-pyrrole nitrogens is 1. The van der Waals surface area contributed by atoms with Gasteiger partial charge in [-0.25, -0.2) is 13.5 Å². The summed E-state index contributed by atoms with van der Waals surface area (Å²) in [6.07, 6.45) is 6.19. The first-order valence-corrected chi connectivity index (χ1v) is 14.6. The molecule has 3 aliphatic carbocycles. The number of aromatic amines is 1. The summed E-state index contributed by atoms with van der Waals surface area (Å²) in [4.78, 5) is 18.9. The van der Waals surface area contributed by atoms with E-state index in [2.05, 4.69) is 10.3 Å². The molecule has 9 heteroatoms. The van der Waals surface area contributed by atoms with Crippen LogP contribution < -0.4 is 10.2 Å². The van der Waals surface area contributed by atoms with Crippen molar-refractivity contribution in [3.05, 3.63) is 35.5 Å². The summed E-state index contributed by atoms with van der Waals surface area (Å²) in [5.41, 5.74) is 3.49. The Morgan fingerprint density at radius 3 is 2.74 bits per heavy atom. The second kappa shape index (κ2) is 8.13. The Kier molecular flexibility index (Phi) is 5.01. The number of carbonyl (C=O) groups excluding carboxylic acids is 1. The minimum Gasteiger partial charge on any atom is -0.357 e. The predicted octanol–water partition coefficient (Wildman–Crippen LogP) is 5.52. The number of rotatable bonds is 3. The number of hydrogen-bond acceptors (Lipinski definition) is 4. The average molecular weight is 536 g/mol. The lowest BCUT2D eigenvalue weighted by molar-refractivity contribution is -0.222. The molecule has 2 unspecified atom stereocenters. The number of fused-ring (bicyclic) bond motifs is 1. The summed E-state index contributed by atoms with van der Waals surface area (Å²) >= 11 is 0. The zero-order valence-electron chi connectivity index (χ0n) is 22.4. The standard InChI is InChI=1S/C30H35F2N5O2/c1-28-16-20(30(28,31)32)25-23(17-28)37(24-4-2-3-13-39-24)35-26(25)22-14-18-5-6-19(15-21(18)34-22)36-12-9-29(27(36)38)7-10-33-11-8-29/h5-6,14-15,20,24,33-34H,2-4,7-13,16-17H2,1H3/t20?,24?,28-/m0/s1. The highest BCUT2D eigenvalue weighted by Gasteiger charge is 2.70. The molecule has 1 amide bonds. The van der Waals surface area contributed by atoms with Crippen molar-refractivity contribution in [1.82, 2.24) is 20.1 Å². The number of aromatic nitrogens is 3. The van der Waals surface area contributed by atoms with Gasteiger partial charge in [0.25, 0.3) is 5.92 Å². The highest BCUT2D eigenvalue weighted by Crippen LogP contribution is 2.68. The average Bonchev–Trinajstić information content (AvgIpc) is 3.63. The summed E-state index contributed by atoms with van der Waals surface area (Å²) in [7, 11) is 0. The van der Waals surface area contributed by atoms with Crippen molar-refractivity contribution in [2.24, 2.45) is 10.8 Å². The molecule has 2 N–H and O–H groups in total. The van der Waals surface area contributed by atoms with Crippen molar-refractivity contribution in [1.29, 1.82) is 0 Å². The molecule has 39 heavy (non-hydrogen) atoms. The Bertz CT molecular complexity index is 1480. The molecule has 5 heterocycles. The van der Waals surface area contributed by atoms with Gasteiger partial charge in [0.05, 0.1) is 17.0 Å². The lowest BCUT2D eigenvalue weighted by Gasteiger charge is -2.56. The molecule has 6 aliphatic rings. The topological polar surface area (TPSA) is 75.2 Å². The number of halogens is 2. The van der Waals surface area contributed by atoms with Crippen molar-refractivity contribution in [2.75, 3.05) is 31.1 Å². The highest BCUT2D eigenvalue weighted by atomic mass is 19.3. The minimum atomic E-state index is -2.74. The van der Waals surface area contributed by atoms with Crippen LogP contribution in [-0.4, -0.2) is 52.8 Å². The van der Waals surface area contributed by atoms with Crippen molar-refractivity contribution in [3.8, 4) is 11.4 Å². The van der Waals surface area contributed by atoms with Crippen LogP contribution in [0.2, 0.25) is 0 Å². The zero-order chi connectivity index (χ0) is 26.6. The Balaban J connectivity index is 1.18. The summed E-state index contributed by atoms with van der Waals surface area (Å²) in [5, 5.41) is 9.33. The molecule has 2 aromatic heterocycles. The molecule has 4 fully saturated rings. The maximum absolute atomic E-state index is 15.4. The van der Waals surface area contributed by atoms with E-state index in [1.807, 2.05) is 33.8 Å². The lowest BCUT2D eigenvalue weighted by atomic mass is 9.51. The third-order valence-electron chi connectivity index (χ3n) is 10.5. The quantitative estimate of drug-likeness (QED) is 0.463. The number of nitrogens with zero attached hydrogens (tertiary/aromatic N) is 3. The van der Waals surface area contributed by atoms with Crippen LogP contribution in [0.15, 0.2) is 24.3 Å². The molecular formula is C30H35F2N5O2. The summed E-state index contributed by atoms with van der Waals surface area (Å²) in [5.74, 6) is -3.33. The van der Waals surface area contributed by atoms with Gasteiger partial charge in [0, 0.05) is 52.8 Å². The van der Waals surface area contributed by atoms with Gasteiger partial charge in [-0.05, 0) is 76.2 Å². The first kappa shape index (κ1) is 24.1. The van der Waals surface area contributed by atoms with E-state index in [1.54, 1.807) is 6.92 Å². The van der Waals surface area contributed by atoms with Crippen LogP contribution in [0.3, 0.4) is 0 Å².